The van der Waals surface area contributed by atoms with Crippen LogP contribution in [0, 0.1) is 12.3 Å². The van der Waals surface area contributed by atoms with Crippen LogP contribution in [0.5, 0.6) is 0 Å². The van der Waals surface area contributed by atoms with Crippen LogP contribution in [0.25, 0.3) is 0 Å². The third kappa shape index (κ3) is 13.3. The minimum atomic E-state index is -4.02. The normalized spacial score (nSPS) is 11.3. The number of hydrogen-bond donors (Lipinski definition) is 2. The minimum absolute atomic E-state index is 0.189. The number of terminal acetylenes is 1. The van der Waals surface area contributed by atoms with E-state index in [9.17, 15) is 13.2 Å². The van der Waals surface area contributed by atoms with Crippen molar-refractivity contribution in [1.82, 2.24) is 10.6 Å². The van der Waals surface area contributed by atoms with Crippen LogP contribution in [0.3, 0.4) is 0 Å². The largest absolute Gasteiger partial charge is 0.389 e. The summed E-state index contributed by atoms with van der Waals surface area (Å²) in [6.07, 6.45) is 1.04. The Morgan fingerprint density at radius 3 is 2.27 bits per heavy atom. The van der Waals surface area contributed by atoms with Crippen LogP contribution >= 0.6 is 0 Å². The zero-order valence-electron chi connectivity index (χ0n) is 8.66. The van der Waals surface area contributed by atoms with Crippen molar-refractivity contribution in [1.29, 1.82) is 0 Å². The first-order valence-corrected chi connectivity index (χ1v) is 4.98. The van der Waals surface area contributed by atoms with E-state index in [1.54, 1.807) is 0 Å². The summed E-state index contributed by atoms with van der Waals surface area (Å²) in [5.41, 5.74) is 0. The number of halogens is 3. The Morgan fingerprint density at radius 2 is 1.67 bits per heavy atom. The van der Waals surface area contributed by atoms with Gasteiger partial charge in [-0.3, -0.25) is 0 Å². The summed E-state index contributed by atoms with van der Waals surface area (Å²) in [4.78, 5) is 0. The molecule has 2 N–H and O–H groups in total. The third-order valence-electron chi connectivity index (χ3n) is 1.77. The van der Waals surface area contributed by atoms with Crippen molar-refractivity contribution in [2.24, 2.45) is 0 Å². The third-order valence-corrected chi connectivity index (χ3v) is 1.77. The molecule has 0 aliphatic carbocycles. The molecule has 0 heterocycles. The zero-order valence-corrected chi connectivity index (χ0v) is 8.66. The van der Waals surface area contributed by atoms with Crippen LogP contribution in [-0.4, -0.2) is 32.4 Å². The fourth-order valence-electron chi connectivity index (χ4n) is 1.04. The molecular formula is C10H17F3N2. The van der Waals surface area contributed by atoms with Crippen LogP contribution < -0.4 is 10.6 Å². The molecule has 15 heavy (non-hydrogen) atoms. The maximum Gasteiger partial charge on any atom is 0.389 e. The van der Waals surface area contributed by atoms with Crippen LogP contribution in [0.2, 0.25) is 0 Å². The Bertz CT molecular complexity index is 184. The zero-order chi connectivity index (χ0) is 11.6. The molecule has 0 aromatic carbocycles. The van der Waals surface area contributed by atoms with E-state index in [2.05, 4.69) is 16.6 Å². The molecule has 0 fully saturated rings. The quantitative estimate of drug-likeness (QED) is 0.481. The predicted octanol–water partition coefficient (Wildman–Crippen LogP) is 1.53. The second-order valence-electron chi connectivity index (χ2n) is 3.20. The lowest BCUT2D eigenvalue weighted by molar-refractivity contribution is -0.135. The van der Waals surface area contributed by atoms with Gasteiger partial charge in [-0.05, 0) is 19.4 Å². The molecule has 0 saturated heterocycles. The van der Waals surface area contributed by atoms with E-state index in [-0.39, 0.29) is 6.42 Å². The van der Waals surface area contributed by atoms with E-state index in [0.29, 0.717) is 19.5 Å². The van der Waals surface area contributed by atoms with Gasteiger partial charge in [-0.2, -0.15) is 13.2 Å². The van der Waals surface area contributed by atoms with Crippen LogP contribution in [0.1, 0.15) is 19.3 Å². The molecule has 0 rings (SSSR count). The van der Waals surface area contributed by atoms with Crippen LogP contribution in [-0.2, 0) is 0 Å². The highest BCUT2D eigenvalue weighted by atomic mass is 19.4. The van der Waals surface area contributed by atoms with Gasteiger partial charge < -0.3 is 10.6 Å². The van der Waals surface area contributed by atoms with Crippen LogP contribution in [0.15, 0.2) is 0 Å². The standard InChI is InChI=1S/C10H17F3N2/c1-2-6-14-8-9-15-7-4-3-5-10(11,12)13/h1,14-15H,3-9H2. The number of nitrogens with one attached hydrogen (secondary N) is 2. The van der Waals surface area contributed by atoms with Gasteiger partial charge in [0, 0.05) is 19.5 Å². The van der Waals surface area contributed by atoms with E-state index in [4.69, 9.17) is 6.42 Å². The molecule has 0 saturated carbocycles. The summed E-state index contributed by atoms with van der Waals surface area (Å²) in [6.45, 7) is 2.61. The number of hydrogen-bond acceptors (Lipinski definition) is 2. The Labute approximate surface area is 88.6 Å². The summed E-state index contributed by atoms with van der Waals surface area (Å²) >= 11 is 0. The van der Waals surface area contributed by atoms with Crippen molar-refractivity contribution in [3.8, 4) is 12.3 Å². The maximum absolute atomic E-state index is 11.7. The van der Waals surface area contributed by atoms with E-state index < -0.39 is 12.6 Å². The SMILES string of the molecule is C#CCNCCNCCCCC(F)(F)F. The van der Waals surface area contributed by atoms with Gasteiger partial charge in [-0.1, -0.05) is 5.92 Å². The van der Waals surface area contributed by atoms with Crippen molar-refractivity contribution < 1.29 is 13.2 Å². The molecule has 0 unspecified atom stereocenters. The molecule has 5 heteroatoms. The number of rotatable bonds is 8. The van der Waals surface area contributed by atoms with Crippen molar-refractivity contribution in [3.63, 3.8) is 0 Å². The summed E-state index contributed by atoms with van der Waals surface area (Å²) in [5, 5.41) is 6.00. The molecule has 0 aromatic rings. The first kappa shape index (κ1) is 14.3. The second-order valence-corrected chi connectivity index (χ2v) is 3.20. The highest BCUT2D eigenvalue weighted by Gasteiger charge is 2.25. The first-order valence-electron chi connectivity index (χ1n) is 4.98. The Kier molecular flexibility index (Phi) is 8.15. The molecule has 0 atom stereocenters. The topological polar surface area (TPSA) is 24.1 Å². The lowest BCUT2D eigenvalue weighted by atomic mass is 10.2. The summed E-state index contributed by atoms with van der Waals surface area (Å²) in [7, 11) is 0. The summed E-state index contributed by atoms with van der Waals surface area (Å²) in [5.74, 6) is 2.43. The van der Waals surface area contributed by atoms with Gasteiger partial charge in [0.2, 0.25) is 0 Å². The molecule has 0 spiro atoms. The molecule has 0 amide bonds. The van der Waals surface area contributed by atoms with Gasteiger partial charge in [0.15, 0.2) is 0 Å². The average Bonchev–Trinajstić information content (AvgIpc) is 2.14. The summed E-state index contributed by atoms with van der Waals surface area (Å²) in [6, 6.07) is 0. The molecule has 88 valence electrons. The molecule has 0 aliphatic heterocycles. The van der Waals surface area contributed by atoms with Crippen molar-refractivity contribution in [2.45, 2.75) is 25.4 Å². The maximum atomic E-state index is 11.7. The monoisotopic (exact) mass is 222 g/mol. The Morgan fingerprint density at radius 1 is 1.00 bits per heavy atom. The van der Waals surface area contributed by atoms with E-state index in [1.807, 2.05) is 0 Å². The highest BCUT2D eigenvalue weighted by Crippen LogP contribution is 2.21. The molecule has 2 nitrogen and oxygen atoms in total. The first-order chi connectivity index (χ1) is 7.06. The van der Waals surface area contributed by atoms with Gasteiger partial charge in [-0.15, -0.1) is 6.42 Å². The second kappa shape index (κ2) is 8.57. The minimum Gasteiger partial charge on any atom is -0.315 e. The predicted molar refractivity (Wildman–Crippen MR) is 54.5 cm³/mol. The van der Waals surface area contributed by atoms with Crippen LogP contribution in [0.4, 0.5) is 13.2 Å². The smallest absolute Gasteiger partial charge is 0.315 e. The lowest BCUT2D eigenvalue weighted by Gasteiger charge is -2.06. The van der Waals surface area contributed by atoms with Crippen molar-refractivity contribution >= 4 is 0 Å². The number of unbranched alkanes of at least 4 members (excludes halogenated alkanes) is 1. The summed E-state index contributed by atoms with van der Waals surface area (Å²) < 4.78 is 35.2. The highest BCUT2D eigenvalue weighted by molar-refractivity contribution is 4.86. The lowest BCUT2D eigenvalue weighted by Crippen LogP contribution is -2.28. The Balaban J connectivity index is 3.03. The van der Waals surface area contributed by atoms with Crippen molar-refractivity contribution in [2.75, 3.05) is 26.2 Å². The molecule has 0 aliphatic rings. The Hall–Kier alpha value is -0.730. The van der Waals surface area contributed by atoms with Gasteiger partial charge in [0.05, 0.1) is 6.54 Å². The van der Waals surface area contributed by atoms with Gasteiger partial charge in [-0.25, -0.2) is 0 Å². The fraction of sp³-hybridized carbons (Fsp3) is 0.800. The molecule has 0 bridgehead atoms. The van der Waals surface area contributed by atoms with Gasteiger partial charge in [0.1, 0.15) is 0 Å². The van der Waals surface area contributed by atoms with E-state index in [1.165, 1.54) is 0 Å². The average molecular weight is 222 g/mol. The molecule has 0 radical (unpaired) electrons. The van der Waals surface area contributed by atoms with Crippen molar-refractivity contribution in [3.05, 3.63) is 0 Å². The van der Waals surface area contributed by atoms with E-state index >= 15 is 0 Å². The van der Waals surface area contributed by atoms with E-state index in [0.717, 1.165) is 13.1 Å². The molecule has 0 aromatic heterocycles. The molecular weight excluding hydrogens is 205 g/mol. The van der Waals surface area contributed by atoms with Gasteiger partial charge in [0.25, 0.3) is 0 Å². The number of alkyl halides is 3. The van der Waals surface area contributed by atoms with Gasteiger partial charge >= 0.3 is 6.18 Å². The fourth-order valence-corrected chi connectivity index (χ4v) is 1.04.